The highest BCUT2D eigenvalue weighted by atomic mass is 79.9. The monoisotopic (exact) mass is 328 g/mol. The van der Waals surface area contributed by atoms with E-state index >= 15 is 0 Å². The number of rotatable bonds is 3. The first-order chi connectivity index (χ1) is 9.01. The summed E-state index contributed by atoms with van der Waals surface area (Å²) in [6, 6.07) is 4.47. The van der Waals surface area contributed by atoms with E-state index in [4.69, 9.17) is 0 Å². The maximum atomic E-state index is 13.2. The summed E-state index contributed by atoms with van der Waals surface area (Å²) in [4.78, 5) is 12.2. The zero-order chi connectivity index (χ0) is 13.9. The van der Waals surface area contributed by atoms with Gasteiger partial charge in [-0.05, 0) is 56.5 Å². The predicted octanol–water partition coefficient (Wildman–Crippen LogP) is 2.74. The van der Waals surface area contributed by atoms with Crippen molar-refractivity contribution in [2.45, 2.75) is 38.3 Å². The van der Waals surface area contributed by atoms with E-state index in [-0.39, 0.29) is 11.7 Å². The number of carbonyl (C=O) groups is 1. The topological polar surface area (TPSA) is 41.1 Å². The SMILES string of the molecule is CC1(C(=O)NCc2cc(F)ccc2Br)CCCCN1. The molecule has 0 spiro atoms. The van der Waals surface area contributed by atoms with Crippen molar-refractivity contribution in [1.29, 1.82) is 0 Å². The van der Waals surface area contributed by atoms with Gasteiger partial charge in [-0.2, -0.15) is 0 Å². The molecule has 1 heterocycles. The number of piperidine rings is 1. The van der Waals surface area contributed by atoms with E-state index in [1.807, 2.05) is 6.92 Å². The van der Waals surface area contributed by atoms with Crippen molar-refractivity contribution in [3.05, 3.63) is 34.1 Å². The number of hydrogen-bond donors (Lipinski definition) is 2. The van der Waals surface area contributed by atoms with Crippen LogP contribution in [0.15, 0.2) is 22.7 Å². The van der Waals surface area contributed by atoms with Crippen LogP contribution in [0, 0.1) is 5.82 Å². The lowest BCUT2D eigenvalue weighted by Crippen LogP contribution is -2.56. The molecule has 0 radical (unpaired) electrons. The molecule has 0 aliphatic carbocycles. The molecular weight excluding hydrogens is 311 g/mol. The molecule has 0 saturated carbocycles. The van der Waals surface area contributed by atoms with Gasteiger partial charge in [0.2, 0.25) is 5.91 Å². The average Bonchev–Trinajstić information content (AvgIpc) is 2.40. The van der Waals surface area contributed by atoms with E-state index in [1.54, 1.807) is 6.07 Å². The Kier molecular flexibility index (Phi) is 4.58. The molecule has 1 unspecified atom stereocenters. The molecule has 0 aromatic heterocycles. The fourth-order valence-electron chi connectivity index (χ4n) is 2.30. The van der Waals surface area contributed by atoms with Gasteiger partial charge in [0, 0.05) is 11.0 Å². The Morgan fingerprint density at radius 1 is 1.53 bits per heavy atom. The Morgan fingerprint density at radius 2 is 2.32 bits per heavy atom. The lowest BCUT2D eigenvalue weighted by Gasteiger charge is -2.33. The Bertz CT molecular complexity index is 473. The van der Waals surface area contributed by atoms with Crippen molar-refractivity contribution >= 4 is 21.8 Å². The van der Waals surface area contributed by atoms with Gasteiger partial charge in [-0.15, -0.1) is 0 Å². The molecule has 1 amide bonds. The largest absolute Gasteiger partial charge is 0.350 e. The van der Waals surface area contributed by atoms with E-state index in [0.29, 0.717) is 6.54 Å². The van der Waals surface area contributed by atoms with Gasteiger partial charge in [-0.25, -0.2) is 4.39 Å². The van der Waals surface area contributed by atoms with Crippen LogP contribution in [-0.2, 0) is 11.3 Å². The van der Waals surface area contributed by atoms with Crippen molar-refractivity contribution < 1.29 is 9.18 Å². The maximum Gasteiger partial charge on any atom is 0.240 e. The van der Waals surface area contributed by atoms with Crippen LogP contribution in [0.1, 0.15) is 31.7 Å². The summed E-state index contributed by atoms with van der Waals surface area (Å²) in [5, 5.41) is 6.14. The van der Waals surface area contributed by atoms with Crippen LogP contribution in [0.4, 0.5) is 4.39 Å². The highest BCUT2D eigenvalue weighted by Gasteiger charge is 2.33. The van der Waals surface area contributed by atoms with Crippen LogP contribution >= 0.6 is 15.9 Å². The zero-order valence-electron chi connectivity index (χ0n) is 10.9. The van der Waals surface area contributed by atoms with Crippen molar-refractivity contribution in [3.63, 3.8) is 0 Å². The first-order valence-corrected chi connectivity index (χ1v) is 7.28. The molecule has 19 heavy (non-hydrogen) atoms. The van der Waals surface area contributed by atoms with Gasteiger partial charge in [0.05, 0.1) is 5.54 Å². The van der Waals surface area contributed by atoms with Gasteiger partial charge in [0.25, 0.3) is 0 Å². The number of halogens is 2. The summed E-state index contributed by atoms with van der Waals surface area (Å²) in [6.07, 6.45) is 3.00. The molecule has 1 aliphatic heterocycles. The fraction of sp³-hybridized carbons (Fsp3) is 0.500. The zero-order valence-corrected chi connectivity index (χ0v) is 12.5. The highest BCUT2D eigenvalue weighted by Crippen LogP contribution is 2.20. The smallest absolute Gasteiger partial charge is 0.240 e. The van der Waals surface area contributed by atoms with E-state index in [2.05, 4.69) is 26.6 Å². The molecule has 3 nitrogen and oxygen atoms in total. The lowest BCUT2D eigenvalue weighted by molar-refractivity contribution is -0.128. The summed E-state index contributed by atoms with van der Waals surface area (Å²) in [5.41, 5.74) is 0.241. The second kappa shape index (κ2) is 6.01. The molecule has 0 bridgehead atoms. The fourth-order valence-corrected chi connectivity index (χ4v) is 2.69. The number of benzene rings is 1. The average molecular weight is 329 g/mol. The number of carbonyl (C=O) groups excluding carboxylic acids is 1. The molecule has 2 rings (SSSR count). The van der Waals surface area contributed by atoms with Gasteiger partial charge in [0.15, 0.2) is 0 Å². The minimum atomic E-state index is -0.502. The number of nitrogens with one attached hydrogen (secondary N) is 2. The molecule has 1 aromatic carbocycles. The summed E-state index contributed by atoms with van der Waals surface area (Å²) in [6.45, 7) is 3.12. The van der Waals surface area contributed by atoms with Gasteiger partial charge >= 0.3 is 0 Å². The Labute approximate surface area is 121 Å². The van der Waals surface area contributed by atoms with Gasteiger partial charge < -0.3 is 10.6 Å². The molecule has 5 heteroatoms. The standard InChI is InChI=1S/C14H18BrFN2O/c1-14(6-2-3-7-18-14)13(19)17-9-10-8-11(16)4-5-12(10)15/h4-5,8,18H,2-3,6-7,9H2,1H3,(H,17,19). The van der Waals surface area contributed by atoms with E-state index in [0.717, 1.165) is 35.8 Å². The second-order valence-electron chi connectivity index (χ2n) is 5.13. The third kappa shape index (κ3) is 3.54. The quantitative estimate of drug-likeness (QED) is 0.895. The van der Waals surface area contributed by atoms with E-state index in [9.17, 15) is 9.18 Å². The van der Waals surface area contributed by atoms with Crippen molar-refractivity contribution in [2.24, 2.45) is 0 Å². The Morgan fingerprint density at radius 3 is 3.00 bits per heavy atom. The molecule has 2 N–H and O–H groups in total. The van der Waals surface area contributed by atoms with Crippen molar-refractivity contribution in [3.8, 4) is 0 Å². The molecule has 1 aromatic rings. The van der Waals surface area contributed by atoms with Gasteiger partial charge in [-0.3, -0.25) is 4.79 Å². The highest BCUT2D eigenvalue weighted by molar-refractivity contribution is 9.10. The first-order valence-electron chi connectivity index (χ1n) is 6.48. The first kappa shape index (κ1) is 14.5. The molecule has 104 valence electrons. The summed E-state index contributed by atoms with van der Waals surface area (Å²) in [7, 11) is 0. The van der Waals surface area contributed by atoms with Crippen LogP contribution in [-0.4, -0.2) is 18.0 Å². The summed E-state index contributed by atoms with van der Waals surface area (Å²) < 4.78 is 14.0. The van der Waals surface area contributed by atoms with Crippen LogP contribution in [0.5, 0.6) is 0 Å². The summed E-state index contributed by atoms with van der Waals surface area (Å²) in [5.74, 6) is -0.321. The lowest BCUT2D eigenvalue weighted by atomic mass is 9.90. The Balaban J connectivity index is 1.98. The van der Waals surface area contributed by atoms with Crippen LogP contribution in [0.25, 0.3) is 0 Å². The van der Waals surface area contributed by atoms with Gasteiger partial charge in [-0.1, -0.05) is 15.9 Å². The van der Waals surface area contributed by atoms with Crippen molar-refractivity contribution in [1.82, 2.24) is 10.6 Å². The molecule has 1 aliphatic rings. The maximum absolute atomic E-state index is 13.2. The number of amides is 1. The van der Waals surface area contributed by atoms with E-state index < -0.39 is 5.54 Å². The third-order valence-electron chi connectivity index (χ3n) is 3.57. The summed E-state index contributed by atoms with van der Waals surface area (Å²) >= 11 is 3.36. The number of hydrogen-bond acceptors (Lipinski definition) is 2. The normalized spacial score (nSPS) is 23.1. The third-order valence-corrected chi connectivity index (χ3v) is 4.34. The van der Waals surface area contributed by atoms with Crippen molar-refractivity contribution in [2.75, 3.05) is 6.54 Å². The Hall–Kier alpha value is -0.940. The van der Waals surface area contributed by atoms with Gasteiger partial charge in [0.1, 0.15) is 5.82 Å². The minimum Gasteiger partial charge on any atom is -0.350 e. The molecular formula is C14H18BrFN2O. The molecule has 1 atom stereocenters. The second-order valence-corrected chi connectivity index (χ2v) is 5.99. The van der Waals surface area contributed by atoms with Crippen LogP contribution < -0.4 is 10.6 Å². The molecule has 1 fully saturated rings. The molecule has 1 saturated heterocycles. The van der Waals surface area contributed by atoms with Crippen LogP contribution in [0.2, 0.25) is 0 Å². The van der Waals surface area contributed by atoms with Crippen LogP contribution in [0.3, 0.4) is 0 Å². The predicted molar refractivity (Wildman–Crippen MR) is 76.2 cm³/mol. The minimum absolute atomic E-state index is 0.0247. The van der Waals surface area contributed by atoms with E-state index in [1.165, 1.54) is 12.1 Å².